The van der Waals surface area contributed by atoms with Crippen molar-refractivity contribution in [2.24, 2.45) is 0 Å². The van der Waals surface area contributed by atoms with E-state index in [1.54, 1.807) is 6.92 Å². The second-order valence-electron chi connectivity index (χ2n) is 4.06. The topological polar surface area (TPSA) is 29.1 Å². The fraction of sp³-hybridized carbons (Fsp3) is 0.400. The van der Waals surface area contributed by atoms with Crippen LogP contribution in [0.25, 0.3) is 6.08 Å². The van der Waals surface area contributed by atoms with E-state index in [0.29, 0.717) is 0 Å². The van der Waals surface area contributed by atoms with E-state index >= 15 is 0 Å². The van der Waals surface area contributed by atoms with E-state index in [0.717, 1.165) is 25.3 Å². The normalized spacial score (nSPS) is 11.0. The van der Waals surface area contributed by atoms with Gasteiger partial charge in [-0.25, -0.2) is 0 Å². The molecular formula is C15H21NOS. The molecule has 0 amide bonds. The summed E-state index contributed by atoms with van der Waals surface area (Å²) in [6.07, 6.45) is 5.18. The summed E-state index contributed by atoms with van der Waals surface area (Å²) in [5.74, 6) is 0.864. The van der Waals surface area contributed by atoms with Crippen LogP contribution in [0.1, 0.15) is 31.4 Å². The van der Waals surface area contributed by atoms with Gasteiger partial charge in [-0.1, -0.05) is 55.1 Å². The summed E-state index contributed by atoms with van der Waals surface area (Å²) in [4.78, 5) is 10.8. The maximum absolute atomic E-state index is 10.8. The highest BCUT2D eigenvalue weighted by molar-refractivity contribution is 8.13. The molecule has 0 aliphatic rings. The van der Waals surface area contributed by atoms with Crippen molar-refractivity contribution in [2.45, 2.75) is 26.8 Å². The molecule has 98 valence electrons. The summed E-state index contributed by atoms with van der Waals surface area (Å²) < 4.78 is 0. The molecule has 0 unspecified atom stereocenters. The van der Waals surface area contributed by atoms with Gasteiger partial charge in [-0.15, -0.1) is 0 Å². The van der Waals surface area contributed by atoms with Crippen molar-refractivity contribution in [1.82, 2.24) is 5.32 Å². The Bertz CT molecular complexity index is 401. The zero-order valence-corrected chi connectivity index (χ0v) is 11.9. The summed E-state index contributed by atoms with van der Waals surface area (Å²) in [5, 5.41) is 3.51. The molecule has 1 N–H and O–H groups in total. The molecule has 0 atom stereocenters. The molecule has 3 heteroatoms. The second-order valence-corrected chi connectivity index (χ2v) is 5.33. The number of benzene rings is 1. The molecule has 2 nitrogen and oxygen atoms in total. The van der Waals surface area contributed by atoms with Crippen molar-refractivity contribution >= 4 is 23.0 Å². The van der Waals surface area contributed by atoms with E-state index < -0.39 is 0 Å². The Balaban J connectivity index is 2.41. The van der Waals surface area contributed by atoms with Gasteiger partial charge in [-0.05, 0) is 24.1 Å². The number of rotatable bonds is 7. The van der Waals surface area contributed by atoms with Crippen molar-refractivity contribution in [1.29, 1.82) is 0 Å². The maximum atomic E-state index is 10.8. The Kier molecular flexibility index (Phi) is 7.46. The van der Waals surface area contributed by atoms with Crippen LogP contribution in [0.5, 0.6) is 0 Å². The summed E-state index contributed by atoms with van der Waals surface area (Å²) in [5.41, 5.74) is 2.52. The van der Waals surface area contributed by atoms with Gasteiger partial charge in [-0.3, -0.25) is 4.79 Å². The fourth-order valence-corrected chi connectivity index (χ4v) is 2.11. The Morgan fingerprint density at radius 1 is 1.44 bits per heavy atom. The van der Waals surface area contributed by atoms with Gasteiger partial charge in [-0.2, -0.15) is 0 Å². The first-order valence-corrected chi connectivity index (χ1v) is 7.30. The lowest BCUT2D eigenvalue weighted by molar-refractivity contribution is -0.109. The third-order valence-corrected chi connectivity index (χ3v) is 3.28. The Morgan fingerprint density at radius 2 is 2.28 bits per heavy atom. The molecule has 0 fully saturated rings. The molecule has 1 aromatic rings. The van der Waals surface area contributed by atoms with Crippen LogP contribution >= 0.6 is 11.8 Å². The van der Waals surface area contributed by atoms with Crippen LogP contribution in [-0.4, -0.2) is 17.4 Å². The number of hydrogen-bond acceptors (Lipinski definition) is 3. The van der Waals surface area contributed by atoms with Gasteiger partial charge in [0, 0.05) is 19.2 Å². The third-order valence-electron chi connectivity index (χ3n) is 2.43. The highest BCUT2D eigenvalue weighted by Crippen LogP contribution is 2.09. The van der Waals surface area contributed by atoms with Crippen LogP contribution in [0.2, 0.25) is 0 Å². The molecule has 1 rings (SSSR count). The van der Waals surface area contributed by atoms with E-state index in [9.17, 15) is 4.79 Å². The fourth-order valence-electron chi connectivity index (χ4n) is 1.57. The number of carbonyl (C=O) groups excluding carboxylic acids is 1. The van der Waals surface area contributed by atoms with Crippen molar-refractivity contribution in [3.8, 4) is 0 Å². The lowest BCUT2D eigenvalue weighted by atomic mass is 10.1. The van der Waals surface area contributed by atoms with Gasteiger partial charge in [0.15, 0.2) is 5.12 Å². The molecular weight excluding hydrogens is 242 g/mol. The monoisotopic (exact) mass is 263 g/mol. The van der Waals surface area contributed by atoms with Crippen molar-refractivity contribution < 1.29 is 4.79 Å². The Hall–Kier alpha value is -1.06. The molecule has 0 aliphatic carbocycles. The smallest absolute Gasteiger partial charge is 0.185 e. The van der Waals surface area contributed by atoms with E-state index in [1.807, 2.05) is 0 Å². The van der Waals surface area contributed by atoms with Crippen molar-refractivity contribution in [2.75, 3.05) is 12.3 Å². The Labute approximate surface area is 114 Å². The predicted molar refractivity (Wildman–Crippen MR) is 80.6 cm³/mol. The minimum absolute atomic E-state index is 0.191. The predicted octanol–water partition coefficient (Wildman–Crippen LogP) is 3.48. The number of thioether (sulfide) groups is 1. The first kappa shape index (κ1) is 15.0. The average Bonchev–Trinajstić information content (AvgIpc) is 2.36. The summed E-state index contributed by atoms with van der Waals surface area (Å²) in [7, 11) is 0. The van der Waals surface area contributed by atoms with E-state index in [4.69, 9.17) is 0 Å². The van der Waals surface area contributed by atoms with E-state index in [2.05, 4.69) is 48.7 Å². The highest BCUT2D eigenvalue weighted by Gasteiger charge is 1.93. The summed E-state index contributed by atoms with van der Waals surface area (Å²) in [6, 6.07) is 8.50. The molecule has 1 aromatic carbocycles. The third kappa shape index (κ3) is 6.62. The van der Waals surface area contributed by atoms with Crippen LogP contribution in [-0.2, 0) is 11.3 Å². The lowest BCUT2D eigenvalue weighted by Gasteiger charge is -2.03. The summed E-state index contributed by atoms with van der Waals surface area (Å²) in [6.45, 7) is 5.62. The van der Waals surface area contributed by atoms with Gasteiger partial charge >= 0.3 is 0 Å². The largest absolute Gasteiger partial charge is 0.313 e. The molecule has 0 saturated heterocycles. The number of allylic oxidation sites excluding steroid dienone is 1. The molecule has 0 spiro atoms. The quantitative estimate of drug-likeness (QED) is 0.764. The minimum atomic E-state index is 0.191. The molecule has 0 saturated carbocycles. The summed E-state index contributed by atoms with van der Waals surface area (Å²) >= 11 is 1.38. The molecule has 0 bridgehead atoms. The van der Waals surface area contributed by atoms with Gasteiger partial charge < -0.3 is 5.32 Å². The first-order chi connectivity index (χ1) is 8.72. The van der Waals surface area contributed by atoms with Crippen LogP contribution in [0.4, 0.5) is 0 Å². The lowest BCUT2D eigenvalue weighted by Crippen LogP contribution is -2.11. The Morgan fingerprint density at radius 3 is 3.00 bits per heavy atom. The minimum Gasteiger partial charge on any atom is -0.313 e. The SMILES string of the molecule is CCNCc1cccc(C=CCCSC(C)=O)c1. The molecule has 0 radical (unpaired) electrons. The molecule has 18 heavy (non-hydrogen) atoms. The van der Waals surface area contributed by atoms with Crippen molar-refractivity contribution in [3.63, 3.8) is 0 Å². The number of carbonyl (C=O) groups is 1. The standard InChI is InChI=1S/C15H21NOS/c1-3-16-12-15-9-6-8-14(11-15)7-4-5-10-18-13(2)17/h4,6-9,11,16H,3,5,10,12H2,1-2H3. The van der Waals surface area contributed by atoms with Gasteiger partial charge in [0.05, 0.1) is 0 Å². The molecule has 0 aromatic heterocycles. The van der Waals surface area contributed by atoms with Crippen molar-refractivity contribution in [3.05, 3.63) is 41.5 Å². The zero-order valence-electron chi connectivity index (χ0n) is 11.1. The average molecular weight is 263 g/mol. The van der Waals surface area contributed by atoms with E-state index in [1.165, 1.54) is 22.9 Å². The van der Waals surface area contributed by atoms with E-state index in [-0.39, 0.29) is 5.12 Å². The van der Waals surface area contributed by atoms with Gasteiger partial charge in [0.25, 0.3) is 0 Å². The zero-order chi connectivity index (χ0) is 13.2. The molecule has 0 aliphatic heterocycles. The van der Waals surface area contributed by atoms with Gasteiger partial charge in [0.1, 0.15) is 0 Å². The van der Waals surface area contributed by atoms with Crippen LogP contribution < -0.4 is 5.32 Å². The van der Waals surface area contributed by atoms with Crippen LogP contribution in [0.15, 0.2) is 30.3 Å². The van der Waals surface area contributed by atoms with Crippen LogP contribution in [0, 0.1) is 0 Å². The number of nitrogens with one attached hydrogen (secondary N) is 1. The highest BCUT2D eigenvalue weighted by atomic mass is 32.2. The molecule has 0 heterocycles. The first-order valence-electron chi connectivity index (χ1n) is 6.32. The van der Waals surface area contributed by atoms with Crippen LogP contribution in [0.3, 0.4) is 0 Å². The number of hydrogen-bond donors (Lipinski definition) is 1. The maximum Gasteiger partial charge on any atom is 0.185 e. The van der Waals surface area contributed by atoms with Gasteiger partial charge in [0.2, 0.25) is 0 Å². The second kappa shape index (κ2) is 8.95.